The molecule has 4 aromatic rings. The molecule has 2 bridgehead atoms. The van der Waals surface area contributed by atoms with E-state index in [1.165, 1.54) is 0 Å². The predicted molar refractivity (Wildman–Crippen MR) is 199 cm³/mol. The average Bonchev–Trinajstić information content (AvgIpc) is 3.36. The molecule has 6 rings (SSSR count). The van der Waals surface area contributed by atoms with Gasteiger partial charge in [-0.1, -0.05) is 41.9 Å². The summed E-state index contributed by atoms with van der Waals surface area (Å²) in [6.45, 7) is 12.5. The number of anilines is 1. The van der Waals surface area contributed by atoms with Gasteiger partial charge in [0.2, 0.25) is 0 Å². The van der Waals surface area contributed by atoms with Crippen LogP contribution in [0.25, 0.3) is 32.8 Å². The van der Waals surface area contributed by atoms with Gasteiger partial charge in [-0.2, -0.15) is 9.97 Å². The number of fused-ring (bicyclic) bond motifs is 4. The van der Waals surface area contributed by atoms with Crippen molar-refractivity contribution in [2.75, 3.05) is 58.6 Å². The van der Waals surface area contributed by atoms with E-state index in [9.17, 15) is 4.79 Å². The van der Waals surface area contributed by atoms with E-state index < -0.39 is 11.4 Å². The minimum Gasteiger partial charge on any atom is -0.468 e. The molecule has 2 atom stereocenters. The van der Waals surface area contributed by atoms with Crippen LogP contribution in [0.3, 0.4) is 0 Å². The van der Waals surface area contributed by atoms with E-state index in [1.54, 1.807) is 19.2 Å². The van der Waals surface area contributed by atoms with Crippen molar-refractivity contribution in [2.24, 2.45) is 0 Å². The SMILES string of the molecule is C=CCCN(C)CCCOc1nc(N2CC3CCC(C2)N3C(=O)OC(C)(C)C)c2cc(Cl)c(-c3cc(OCOC)cc4ccccc34)c(F)c2n1. The van der Waals surface area contributed by atoms with Gasteiger partial charge >= 0.3 is 12.1 Å². The molecule has 0 radical (unpaired) electrons. The maximum absolute atomic E-state index is 17.2. The van der Waals surface area contributed by atoms with Crippen molar-refractivity contribution >= 4 is 45.2 Å². The molecule has 12 heteroatoms. The van der Waals surface area contributed by atoms with Crippen molar-refractivity contribution in [1.82, 2.24) is 19.8 Å². The molecule has 1 amide bonds. The second-order valence-electron chi connectivity index (χ2n) is 14.3. The molecule has 0 N–H and O–H groups in total. The number of methoxy groups -OCH3 is 1. The lowest BCUT2D eigenvalue weighted by Crippen LogP contribution is -2.57. The molecule has 2 aliphatic rings. The molecule has 2 aliphatic heterocycles. The fraction of sp³-hybridized carbons (Fsp3) is 0.462. The molecule has 1 aromatic heterocycles. The number of nitrogens with zero attached hydrogens (tertiary/aromatic N) is 5. The van der Waals surface area contributed by atoms with Crippen LogP contribution < -0.4 is 14.4 Å². The Hall–Kier alpha value is -4.19. The first-order chi connectivity index (χ1) is 24.5. The summed E-state index contributed by atoms with van der Waals surface area (Å²) >= 11 is 7.02. The third kappa shape index (κ3) is 8.16. The van der Waals surface area contributed by atoms with Crippen LogP contribution in [0.5, 0.6) is 11.8 Å². The normalized spacial score (nSPS) is 17.4. The monoisotopic (exact) mass is 719 g/mol. The lowest BCUT2D eigenvalue weighted by Gasteiger charge is -2.42. The number of carbonyl (C=O) groups excluding carboxylic acids is 1. The molecule has 2 saturated heterocycles. The fourth-order valence-electron chi connectivity index (χ4n) is 7.02. The molecule has 0 saturated carbocycles. The number of amides is 1. The summed E-state index contributed by atoms with van der Waals surface area (Å²) in [6, 6.07) is 13.0. The van der Waals surface area contributed by atoms with Crippen LogP contribution in [0.1, 0.15) is 46.5 Å². The van der Waals surface area contributed by atoms with E-state index in [0.29, 0.717) is 42.2 Å². The molecule has 3 heterocycles. The standard InChI is InChI=1S/C39H47ClFN5O5/c1-7-8-16-44(5)17-11-18-49-37-42-35-31(36(43-37)45-22-26-14-15-27(23-45)46(26)38(47)51-39(2,3)4)21-32(40)33(34(35)41)30-20-28(50-24-48-6)19-25-12-9-10-13-29(25)30/h7,9-10,12-13,19-21,26-27H,1,8,11,14-18,22-24H2,2-6H3. The zero-order chi connectivity index (χ0) is 36.3. The second kappa shape index (κ2) is 15.6. The summed E-state index contributed by atoms with van der Waals surface area (Å²) in [7, 11) is 3.60. The highest BCUT2D eigenvalue weighted by atomic mass is 35.5. The van der Waals surface area contributed by atoms with Gasteiger partial charge < -0.3 is 28.7 Å². The van der Waals surface area contributed by atoms with Crippen molar-refractivity contribution in [2.45, 2.75) is 64.1 Å². The molecule has 2 unspecified atom stereocenters. The molecule has 2 fully saturated rings. The average molecular weight is 720 g/mol. The van der Waals surface area contributed by atoms with Crippen molar-refractivity contribution < 1.29 is 28.1 Å². The van der Waals surface area contributed by atoms with Gasteiger partial charge in [0.25, 0.3) is 0 Å². The van der Waals surface area contributed by atoms with Crippen molar-refractivity contribution in [3.05, 3.63) is 66.0 Å². The Bertz CT molecular complexity index is 1890. The lowest BCUT2D eigenvalue weighted by molar-refractivity contribution is 0.0122. The Kier molecular flexibility index (Phi) is 11.2. The second-order valence-corrected chi connectivity index (χ2v) is 14.7. The van der Waals surface area contributed by atoms with Gasteiger partial charge in [-0.15, -0.1) is 6.58 Å². The topological polar surface area (TPSA) is 89.5 Å². The fourth-order valence-corrected chi connectivity index (χ4v) is 7.32. The van der Waals surface area contributed by atoms with Crippen LogP contribution in [0.2, 0.25) is 5.02 Å². The van der Waals surface area contributed by atoms with Gasteiger partial charge in [-0.05, 0) is 88.0 Å². The molecule has 0 aliphatic carbocycles. The summed E-state index contributed by atoms with van der Waals surface area (Å²) < 4.78 is 40.0. The number of piperazine rings is 1. The Labute approximate surface area is 304 Å². The van der Waals surface area contributed by atoms with Gasteiger partial charge in [0.1, 0.15) is 22.7 Å². The Balaban J connectivity index is 1.40. The highest BCUT2D eigenvalue weighted by Gasteiger charge is 2.45. The number of rotatable bonds is 13. The van der Waals surface area contributed by atoms with Crippen LogP contribution in [0, 0.1) is 5.82 Å². The summed E-state index contributed by atoms with van der Waals surface area (Å²) in [5.41, 5.74) is 0.276. The van der Waals surface area contributed by atoms with Crippen LogP contribution in [-0.2, 0) is 9.47 Å². The van der Waals surface area contributed by atoms with E-state index in [4.69, 9.17) is 35.5 Å². The number of hydrogen-bond donors (Lipinski definition) is 0. The number of ether oxygens (including phenoxy) is 4. The molecular weight excluding hydrogens is 673 g/mol. The molecule has 10 nitrogen and oxygen atoms in total. The smallest absolute Gasteiger partial charge is 0.410 e. The summed E-state index contributed by atoms with van der Waals surface area (Å²) in [4.78, 5) is 28.9. The maximum Gasteiger partial charge on any atom is 0.410 e. The Morgan fingerprint density at radius 1 is 1.08 bits per heavy atom. The summed E-state index contributed by atoms with van der Waals surface area (Å²) in [5, 5.41) is 2.36. The highest BCUT2D eigenvalue weighted by Crippen LogP contribution is 2.43. The van der Waals surface area contributed by atoms with Gasteiger partial charge in [0.05, 0.1) is 23.7 Å². The van der Waals surface area contributed by atoms with Gasteiger partial charge in [-0.3, -0.25) is 4.90 Å². The van der Waals surface area contributed by atoms with Gasteiger partial charge in [0.15, 0.2) is 12.6 Å². The number of benzene rings is 3. The first-order valence-corrected chi connectivity index (χ1v) is 17.9. The van der Waals surface area contributed by atoms with E-state index in [1.807, 2.05) is 62.1 Å². The van der Waals surface area contributed by atoms with E-state index in [-0.39, 0.29) is 47.1 Å². The van der Waals surface area contributed by atoms with Crippen molar-refractivity contribution in [3.63, 3.8) is 0 Å². The zero-order valence-electron chi connectivity index (χ0n) is 30.1. The van der Waals surface area contributed by atoms with Crippen LogP contribution in [0.4, 0.5) is 15.0 Å². The first-order valence-electron chi connectivity index (χ1n) is 17.5. The van der Waals surface area contributed by atoms with Crippen molar-refractivity contribution in [3.8, 4) is 22.9 Å². The minimum atomic E-state index is -0.601. The lowest BCUT2D eigenvalue weighted by atomic mass is 9.96. The van der Waals surface area contributed by atoms with E-state index >= 15 is 4.39 Å². The minimum absolute atomic E-state index is 0.0379. The Morgan fingerprint density at radius 2 is 1.82 bits per heavy atom. The zero-order valence-corrected chi connectivity index (χ0v) is 30.8. The molecule has 272 valence electrons. The van der Waals surface area contributed by atoms with Crippen LogP contribution >= 0.6 is 11.6 Å². The van der Waals surface area contributed by atoms with Gasteiger partial charge in [0, 0.05) is 44.2 Å². The predicted octanol–water partition coefficient (Wildman–Crippen LogP) is 8.09. The van der Waals surface area contributed by atoms with Crippen LogP contribution in [-0.4, -0.2) is 97.3 Å². The third-order valence-electron chi connectivity index (χ3n) is 9.31. The quantitative estimate of drug-likeness (QED) is 0.0773. The van der Waals surface area contributed by atoms with E-state index in [2.05, 4.69) is 28.4 Å². The van der Waals surface area contributed by atoms with Crippen LogP contribution in [0.15, 0.2) is 55.1 Å². The first kappa shape index (κ1) is 36.6. The number of hydrogen-bond acceptors (Lipinski definition) is 9. The molecule has 3 aromatic carbocycles. The van der Waals surface area contributed by atoms with Crippen molar-refractivity contribution in [1.29, 1.82) is 0 Å². The highest BCUT2D eigenvalue weighted by molar-refractivity contribution is 6.35. The molecule has 51 heavy (non-hydrogen) atoms. The van der Waals surface area contributed by atoms with Gasteiger partial charge in [-0.25, -0.2) is 9.18 Å². The number of aromatic nitrogens is 2. The number of carbonyl (C=O) groups is 1. The number of halogens is 2. The van der Waals surface area contributed by atoms with E-state index in [0.717, 1.165) is 49.5 Å². The third-order valence-corrected chi connectivity index (χ3v) is 9.60. The maximum atomic E-state index is 17.2. The molecule has 0 spiro atoms. The summed E-state index contributed by atoms with van der Waals surface area (Å²) in [6.07, 6.45) is 4.89. The summed E-state index contributed by atoms with van der Waals surface area (Å²) in [5.74, 6) is 0.456. The molecular formula is C39H47ClFN5O5. The Morgan fingerprint density at radius 3 is 2.53 bits per heavy atom. The largest absolute Gasteiger partial charge is 0.468 e.